The van der Waals surface area contributed by atoms with Crippen molar-refractivity contribution < 1.29 is 14.7 Å². The third-order valence-electron chi connectivity index (χ3n) is 2.15. The maximum absolute atomic E-state index is 11.2. The molecule has 68 valence electrons. The standard InChI is InChI=1S/C8H13NO3/c1-9-3-2-7(10)6(5-9)4-8(11)12/h6H,2-5H2,1H3,(H,11,12). The number of carbonyl (C=O) groups excluding carboxylic acids is 1. The number of Topliss-reactive ketones (excluding diaryl/α,β-unsaturated/α-hetero) is 1. The van der Waals surface area contributed by atoms with E-state index in [-0.39, 0.29) is 18.1 Å². The van der Waals surface area contributed by atoms with Crippen LogP contribution in [0.15, 0.2) is 0 Å². The van der Waals surface area contributed by atoms with Crippen molar-refractivity contribution in [3.05, 3.63) is 0 Å². The Balaban J connectivity index is 2.49. The number of piperidine rings is 1. The van der Waals surface area contributed by atoms with E-state index in [2.05, 4.69) is 0 Å². The van der Waals surface area contributed by atoms with Crippen molar-refractivity contribution in [2.45, 2.75) is 12.8 Å². The molecule has 0 spiro atoms. The predicted molar refractivity (Wildman–Crippen MR) is 42.9 cm³/mol. The van der Waals surface area contributed by atoms with Gasteiger partial charge in [0.1, 0.15) is 5.78 Å². The molecule has 0 aromatic rings. The fraction of sp³-hybridized carbons (Fsp3) is 0.750. The summed E-state index contributed by atoms with van der Waals surface area (Å²) in [6.45, 7) is 1.35. The topological polar surface area (TPSA) is 57.6 Å². The molecule has 1 rings (SSSR count). The number of nitrogens with zero attached hydrogens (tertiary/aromatic N) is 1. The molecule has 4 heteroatoms. The van der Waals surface area contributed by atoms with Gasteiger partial charge in [-0.05, 0) is 7.05 Å². The maximum atomic E-state index is 11.2. The molecule has 1 aliphatic heterocycles. The van der Waals surface area contributed by atoms with Gasteiger partial charge in [-0.2, -0.15) is 0 Å². The Morgan fingerprint density at radius 3 is 3.00 bits per heavy atom. The number of carbonyl (C=O) groups is 2. The van der Waals surface area contributed by atoms with Gasteiger partial charge in [0.2, 0.25) is 0 Å². The van der Waals surface area contributed by atoms with Crippen molar-refractivity contribution in [1.29, 1.82) is 0 Å². The van der Waals surface area contributed by atoms with E-state index in [4.69, 9.17) is 5.11 Å². The molecule has 4 nitrogen and oxygen atoms in total. The third-order valence-corrected chi connectivity index (χ3v) is 2.15. The number of rotatable bonds is 2. The average molecular weight is 171 g/mol. The number of carboxylic acids is 1. The second-order valence-electron chi connectivity index (χ2n) is 3.27. The SMILES string of the molecule is CN1CCC(=O)C(CC(=O)O)C1. The fourth-order valence-corrected chi connectivity index (χ4v) is 1.46. The highest BCUT2D eigenvalue weighted by molar-refractivity contribution is 5.85. The zero-order chi connectivity index (χ0) is 9.14. The Bertz CT molecular complexity index is 202. The molecular weight excluding hydrogens is 158 g/mol. The number of hydrogen-bond donors (Lipinski definition) is 1. The number of hydrogen-bond acceptors (Lipinski definition) is 3. The molecule has 0 aliphatic carbocycles. The minimum Gasteiger partial charge on any atom is -0.481 e. The molecule has 0 saturated carbocycles. The molecule has 1 heterocycles. The minimum absolute atomic E-state index is 0.0246. The van der Waals surface area contributed by atoms with Gasteiger partial charge in [0, 0.05) is 25.4 Å². The lowest BCUT2D eigenvalue weighted by Gasteiger charge is -2.27. The second kappa shape index (κ2) is 3.67. The van der Waals surface area contributed by atoms with Crippen molar-refractivity contribution in [3.63, 3.8) is 0 Å². The van der Waals surface area contributed by atoms with Gasteiger partial charge in [-0.1, -0.05) is 0 Å². The van der Waals surface area contributed by atoms with Crippen LogP contribution in [0.25, 0.3) is 0 Å². The van der Waals surface area contributed by atoms with E-state index in [9.17, 15) is 9.59 Å². The summed E-state index contributed by atoms with van der Waals surface area (Å²) in [5.41, 5.74) is 0. The summed E-state index contributed by atoms with van der Waals surface area (Å²) in [6.07, 6.45) is 0.470. The number of aliphatic carboxylic acids is 1. The van der Waals surface area contributed by atoms with Gasteiger partial charge in [0.15, 0.2) is 0 Å². The lowest BCUT2D eigenvalue weighted by Crippen LogP contribution is -2.39. The van der Waals surface area contributed by atoms with Crippen LogP contribution in [0.1, 0.15) is 12.8 Å². The molecule has 1 atom stereocenters. The highest BCUT2D eigenvalue weighted by Crippen LogP contribution is 2.14. The normalized spacial score (nSPS) is 25.8. The van der Waals surface area contributed by atoms with Crippen molar-refractivity contribution in [2.24, 2.45) is 5.92 Å². The van der Waals surface area contributed by atoms with E-state index in [0.717, 1.165) is 6.54 Å². The Hall–Kier alpha value is -0.900. The lowest BCUT2D eigenvalue weighted by molar-refractivity contribution is -0.141. The number of carboxylic acid groups (broad SMARTS) is 1. The molecular formula is C8H13NO3. The van der Waals surface area contributed by atoms with Crippen LogP contribution in [-0.4, -0.2) is 41.9 Å². The third kappa shape index (κ3) is 2.30. The van der Waals surface area contributed by atoms with Gasteiger partial charge in [0.25, 0.3) is 0 Å². The van der Waals surface area contributed by atoms with Gasteiger partial charge in [0.05, 0.1) is 6.42 Å². The van der Waals surface area contributed by atoms with E-state index in [1.165, 1.54) is 0 Å². The van der Waals surface area contributed by atoms with E-state index < -0.39 is 5.97 Å². The number of likely N-dealkylation sites (tertiary alicyclic amines) is 1. The highest BCUT2D eigenvalue weighted by atomic mass is 16.4. The van der Waals surface area contributed by atoms with Crippen LogP contribution in [0, 0.1) is 5.92 Å². The van der Waals surface area contributed by atoms with Crippen LogP contribution < -0.4 is 0 Å². The summed E-state index contributed by atoms with van der Waals surface area (Å²) in [5, 5.41) is 8.50. The quantitative estimate of drug-likeness (QED) is 0.634. The first-order valence-corrected chi connectivity index (χ1v) is 4.02. The molecule has 1 N–H and O–H groups in total. The molecule has 1 unspecified atom stereocenters. The lowest BCUT2D eigenvalue weighted by atomic mass is 9.94. The summed E-state index contributed by atoms with van der Waals surface area (Å²) in [6, 6.07) is 0. The summed E-state index contributed by atoms with van der Waals surface area (Å²) in [4.78, 5) is 23.5. The van der Waals surface area contributed by atoms with Gasteiger partial charge in [-0.25, -0.2) is 0 Å². The first-order valence-electron chi connectivity index (χ1n) is 4.02. The molecule has 0 radical (unpaired) electrons. The predicted octanol–water partition coefficient (Wildman–Crippen LogP) is -0.0181. The Labute approximate surface area is 71.2 Å². The van der Waals surface area contributed by atoms with Crippen molar-refractivity contribution in [2.75, 3.05) is 20.1 Å². The summed E-state index contributed by atoms with van der Waals surface area (Å²) in [7, 11) is 1.90. The molecule has 0 aromatic heterocycles. The first kappa shape index (κ1) is 9.19. The summed E-state index contributed by atoms with van der Waals surface area (Å²) < 4.78 is 0. The van der Waals surface area contributed by atoms with Crippen molar-refractivity contribution >= 4 is 11.8 Å². The van der Waals surface area contributed by atoms with Gasteiger partial charge >= 0.3 is 5.97 Å². The van der Waals surface area contributed by atoms with Gasteiger partial charge < -0.3 is 10.0 Å². The van der Waals surface area contributed by atoms with E-state index >= 15 is 0 Å². The Kier molecular flexibility index (Phi) is 2.81. The summed E-state index contributed by atoms with van der Waals surface area (Å²) >= 11 is 0. The van der Waals surface area contributed by atoms with Crippen LogP contribution in [0.3, 0.4) is 0 Å². The van der Waals surface area contributed by atoms with Gasteiger partial charge in [-0.3, -0.25) is 9.59 Å². The highest BCUT2D eigenvalue weighted by Gasteiger charge is 2.26. The van der Waals surface area contributed by atoms with Crippen LogP contribution in [0.5, 0.6) is 0 Å². The zero-order valence-corrected chi connectivity index (χ0v) is 7.12. The van der Waals surface area contributed by atoms with Crippen LogP contribution in [0.4, 0.5) is 0 Å². The van der Waals surface area contributed by atoms with Crippen LogP contribution >= 0.6 is 0 Å². The van der Waals surface area contributed by atoms with E-state index in [1.807, 2.05) is 11.9 Å². The first-order chi connectivity index (χ1) is 5.59. The van der Waals surface area contributed by atoms with E-state index in [1.54, 1.807) is 0 Å². The fourth-order valence-electron chi connectivity index (χ4n) is 1.46. The monoisotopic (exact) mass is 171 g/mol. The Morgan fingerprint density at radius 2 is 2.42 bits per heavy atom. The molecule has 1 aliphatic rings. The minimum atomic E-state index is -0.886. The summed E-state index contributed by atoms with van der Waals surface area (Å²) in [5.74, 6) is -1.08. The maximum Gasteiger partial charge on any atom is 0.304 e. The molecule has 1 fully saturated rings. The molecule has 0 bridgehead atoms. The molecule has 0 aromatic carbocycles. The molecule has 1 saturated heterocycles. The van der Waals surface area contributed by atoms with E-state index in [0.29, 0.717) is 13.0 Å². The van der Waals surface area contributed by atoms with Crippen LogP contribution in [0.2, 0.25) is 0 Å². The Morgan fingerprint density at radius 1 is 1.75 bits per heavy atom. The molecule has 0 amide bonds. The van der Waals surface area contributed by atoms with Crippen molar-refractivity contribution in [1.82, 2.24) is 4.90 Å². The zero-order valence-electron chi connectivity index (χ0n) is 7.12. The largest absolute Gasteiger partial charge is 0.481 e. The average Bonchev–Trinajstić information content (AvgIpc) is 1.96. The number of ketones is 1. The van der Waals surface area contributed by atoms with Gasteiger partial charge in [-0.15, -0.1) is 0 Å². The molecule has 12 heavy (non-hydrogen) atoms. The second-order valence-corrected chi connectivity index (χ2v) is 3.27. The van der Waals surface area contributed by atoms with Crippen molar-refractivity contribution in [3.8, 4) is 0 Å². The van der Waals surface area contributed by atoms with Crippen LogP contribution in [-0.2, 0) is 9.59 Å². The smallest absolute Gasteiger partial charge is 0.304 e.